The molecule has 0 aliphatic heterocycles. The first kappa shape index (κ1) is 18.7. The highest BCUT2D eigenvalue weighted by Gasteiger charge is 2.21. The topological polar surface area (TPSA) is 12.0 Å². The maximum Gasteiger partial charge on any atom is 0.0325 e. The quantitative estimate of drug-likeness (QED) is 0.643. The fraction of sp³-hybridized carbons (Fsp3) is 0.684. The second-order valence-electron chi connectivity index (χ2n) is 7.67. The van der Waals surface area contributed by atoms with Crippen molar-refractivity contribution in [2.75, 3.05) is 6.54 Å². The highest BCUT2D eigenvalue weighted by Crippen LogP contribution is 2.33. The van der Waals surface area contributed by atoms with Crippen LogP contribution in [0.4, 0.5) is 0 Å². The molecular weight excluding hydrogens is 322 g/mol. The van der Waals surface area contributed by atoms with Crippen molar-refractivity contribution in [1.29, 1.82) is 0 Å². The van der Waals surface area contributed by atoms with Gasteiger partial charge in [0, 0.05) is 10.5 Å². The minimum Gasteiger partial charge on any atom is -0.310 e. The Morgan fingerprint density at radius 1 is 1.14 bits per heavy atom. The first-order valence-corrected chi connectivity index (χ1v) is 8.93. The fourth-order valence-electron chi connectivity index (χ4n) is 3.28. The Bertz CT molecular complexity index is 459. The standard InChI is InChI=1S/C19H32BrN/c1-8-21-18(9-13(2)12-19(5,6)7)16-10-15(4)17(20)11-14(16)3/h10-11,13,18,21H,8-9,12H2,1-7H3. The molecule has 2 atom stereocenters. The molecule has 0 spiro atoms. The highest BCUT2D eigenvalue weighted by atomic mass is 79.9. The summed E-state index contributed by atoms with van der Waals surface area (Å²) in [5.41, 5.74) is 4.56. The van der Waals surface area contributed by atoms with Crippen LogP contribution in [0, 0.1) is 25.2 Å². The van der Waals surface area contributed by atoms with Crippen molar-refractivity contribution in [3.05, 3.63) is 33.3 Å². The molecule has 1 rings (SSSR count). The monoisotopic (exact) mass is 353 g/mol. The molecular formula is C19H32BrN. The lowest BCUT2D eigenvalue weighted by atomic mass is 9.81. The SMILES string of the molecule is CCNC(CC(C)CC(C)(C)C)c1cc(C)c(Br)cc1C. The van der Waals surface area contributed by atoms with Gasteiger partial charge in [0.1, 0.15) is 0 Å². The molecule has 0 aromatic heterocycles. The molecule has 0 heterocycles. The van der Waals surface area contributed by atoms with E-state index < -0.39 is 0 Å². The molecule has 0 saturated heterocycles. The van der Waals surface area contributed by atoms with Gasteiger partial charge in [-0.15, -0.1) is 0 Å². The smallest absolute Gasteiger partial charge is 0.0325 e. The Morgan fingerprint density at radius 2 is 1.76 bits per heavy atom. The third-order valence-electron chi connectivity index (χ3n) is 3.97. The van der Waals surface area contributed by atoms with Crippen molar-refractivity contribution < 1.29 is 0 Å². The molecule has 21 heavy (non-hydrogen) atoms. The van der Waals surface area contributed by atoms with Crippen molar-refractivity contribution in [3.8, 4) is 0 Å². The van der Waals surface area contributed by atoms with Crippen molar-refractivity contribution in [2.45, 2.75) is 67.3 Å². The van der Waals surface area contributed by atoms with Gasteiger partial charge in [-0.3, -0.25) is 0 Å². The van der Waals surface area contributed by atoms with Gasteiger partial charge in [0.2, 0.25) is 0 Å². The summed E-state index contributed by atoms with van der Waals surface area (Å²) in [5.74, 6) is 0.720. The zero-order valence-corrected chi connectivity index (χ0v) is 16.4. The summed E-state index contributed by atoms with van der Waals surface area (Å²) in [7, 11) is 0. The van der Waals surface area contributed by atoms with Crippen molar-refractivity contribution in [1.82, 2.24) is 5.32 Å². The Hall–Kier alpha value is -0.340. The Balaban J connectivity index is 2.94. The van der Waals surface area contributed by atoms with E-state index in [0.717, 1.165) is 12.5 Å². The van der Waals surface area contributed by atoms with Gasteiger partial charge in [0.15, 0.2) is 0 Å². The first-order chi connectivity index (χ1) is 9.64. The lowest BCUT2D eigenvalue weighted by Gasteiger charge is -2.28. The van der Waals surface area contributed by atoms with E-state index in [4.69, 9.17) is 0 Å². The summed E-state index contributed by atoms with van der Waals surface area (Å²) in [5, 5.41) is 3.69. The molecule has 2 heteroatoms. The van der Waals surface area contributed by atoms with Gasteiger partial charge in [0.05, 0.1) is 0 Å². The summed E-state index contributed by atoms with van der Waals surface area (Å²) in [6.07, 6.45) is 2.47. The fourth-order valence-corrected chi connectivity index (χ4v) is 3.73. The van der Waals surface area contributed by atoms with E-state index in [1.807, 2.05) is 0 Å². The van der Waals surface area contributed by atoms with E-state index in [9.17, 15) is 0 Å². The number of benzene rings is 1. The number of halogens is 1. The molecule has 0 aliphatic carbocycles. The predicted molar refractivity (Wildman–Crippen MR) is 97.9 cm³/mol. The van der Waals surface area contributed by atoms with E-state index in [-0.39, 0.29) is 0 Å². The number of hydrogen-bond acceptors (Lipinski definition) is 1. The zero-order valence-electron chi connectivity index (χ0n) is 14.8. The summed E-state index contributed by atoms with van der Waals surface area (Å²) >= 11 is 3.64. The third kappa shape index (κ3) is 6.12. The van der Waals surface area contributed by atoms with Crippen LogP contribution in [0.25, 0.3) is 0 Å². The molecule has 1 nitrogen and oxygen atoms in total. The molecule has 0 bridgehead atoms. The molecule has 0 radical (unpaired) electrons. The third-order valence-corrected chi connectivity index (χ3v) is 4.83. The molecule has 2 unspecified atom stereocenters. The minimum atomic E-state index is 0.404. The Morgan fingerprint density at radius 3 is 2.29 bits per heavy atom. The largest absolute Gasteiger partial charge is 0.310 e. The molecule has 0 fully saturated rings. The average Bonchev–Trinajstić information content (AvgIpc) is 2.31. The van der Waals surface area contributed by atoms with Gasteiger partial charge < -0.3 is 5.32 Å². The van der Waals surface area contributed by atoms with Crippen LogP contribution in [-0.4, -0.2) is 6.54 Å². The first-order valence-electron chi connectivity index (χ1n) is 8.14. The normalized spacial score (nSPS) is 15.0. The van der Waals surface area contributed by atoms with Crippen LogP contribution in [0.5, 0.6) is 0 Å². The Labute approximate surface area is 140 Å². The van der Waals surface area contributed by atoms with Crippen LogP contribution >= 0.6 is 15.9 Å². The van der Waals surface area contributed by atoms with Crippen molar-refractivity contribution >= 4 is 15.9 Å². The maximum absolute atomic E-state index is 3.69. The van der Waals surface area contributed by atoms with E-state index in [1.165, 1.54) is 34.0 Å². The number of aryl methyl sites for hydroxylation is 2. The summed E-state index contributed by atoms with van der Waals surface area (Å²) in [6.45, 7) is 17.0. The van der Waals surface area contributed by atoms with Gasteiger partial charge >= 0.3 is 0 Å². The van der Waals surface area contributed by atoms with Crippen LogP contribution < -0.4 is 5.32 Å². The second kappa shape index (κ2) is 7.78. The van der Waals surface area contributed by atoms with E-state index in [0.29, 0.717) is 11.5 Å². The molecule has 0 saturated carbocycles. The number of rotatable bonds is 6. The second-order valence-corrected chi connectivity index (χ2v) is 8.53. The molecule has 1 aromatic carbocycles. The van der Waals surface area contributed by atoms with Gasteiger partial charge in [-0.05, 0) is 67.3 Å². The zero-order chi connectivity index (χ0) is 16.2. The molecule has 1 N–H and O–H groups in total. The lowest BCUT2D eigenvalue weighted by Crippen LogP contribution is -2.25. The molecule has 120 valence electrons. The van der Waals surface area contributed by atoms with Gasteiger partial charge in [-0.2, -0.15) is 0 Å². The van der Waals surface area contributed by atoms with Crippen LogP contribution in [0.1, 0.15) is 70.2 Å². The summed E-state index contributed by atoms with van der Waals surface area (Å²) in [4.78, 5) is 0. The van der Waals surface area contributed by atoms with Crippen LogP contribution in [0.2, 0.25) is 0 Å². The number of hydrogen-bond donors (Lipinski definition) is 1. The predicted octanol–water partition coefficient (Wildman–Crippen LogP) is 6.18. The van der Waals surface area contributed by atoms with Crippen LogP contribution in [0.15, 0.2) is 16.6 Å². The minimum absolute atomic E-state index is 0.404. The van der Waals surface area contributed by atoms with Crippen molar-refractivity contribution in [2.24, 2.45) is 11.3 Å². The van der Waals surface area contributed by atoms with Gasteiger partial charge in [-0.1, -0.05) is 56.6 Å². The average molecular weight is 354 g/mol. The molecule has 0 aliphatic rings. The Kier molecular flexibility index (Phi) is 6.93. The summed E-state index contributed by atoms with van der Waals surface area (Å²) < 4.78 is 1.21. The maximum atomic E-state index is 3.69. The van der Waals surface area contributed by atoms with Crippen LogP contribution in [-0.2, 0) is 0 Å². The van der Waals surface area contributed by atoms with Gasteiger partial charge in [0.25, 0.3) is 0 Å². The molecule has 1 aromatic rings. The van der Waals surface area contributed by atoms with E-state index in [1.54, 1.807) is 0 Å². The lowest BCUT2D eigenvalue weighted by molar-refractivity contribution is 0.276. The van der Waals surface area contributed by atoms with Crippen LogP contribution in [0.3, 0.4) is 0 Å². The van der Waals surface area contributed by atoms with Gasteiger partial charge in [-0.25, -0.2) is 0 Å². The summed E-state index contributed by atoms with van der Waals surface area (Å²) in [6, 6.07) is 5.05. The van der Waals surface area contributed by atoms with E-state index >= 15 is 0 Å². The van der Waals surface area contributed by atoms with E-state index in [2.05, 4.69) is 81.8 Å². The molecule has 0 amide bonds. The van der Waals surface area contributed by atoms with Crippen molar-refractivity contribution in [3.63, 3.8) is 0 Å². The number of nitrogens with one attached hydrogen (secondary N) is 1. The highest BCUT2D eigenvalue weighted by molar-refractivity contribution is 9.10.